The van der Waals surface area contributed by atoms with Gasteiger partial charge in [-0.3, -0.25) is 9.59 Å². The lowest BCUT2D eigenvalue weighted by Gasteiger charge is -2.08. The van der Waals surface area contributed by atoms with E-state index < -0.39 is 0 Å². The molecule has 0 aromatic heterocycles. The van der Waals surface area contributed by atoms with Crippen molar-refractivity contribution >= 4 is 11.9 Å². The van der Waals surface area contributed by atoms with Crippen LogP contribution in [0.25, 0.3) is 0 Å². The molecule has 1 amide bonds. The maximum atomic E-state index is 11.4. The van der Waals surface area contributed by atoms with E-state index in [0.29, 0.717) is 6.54 Å². The average Bonchev–Trinajstić information content (AvgIpc) is 2.70. The first kappa shape index (κ1) is 11.0. The number of hydrogen-bond acceptors (Lipinski definition) is 4. The first-order valence-electron chi connectivity index (χ1n) is 4.79. The number of esters is 1. The van der Waals surface area contributed by atoms with Crippen molar-refractivity contribution in [2.24, 2.45) is 5.92 Å². The molecule has 1 atom stereocenters. The fraction of sp³-hybridized carbons (Fsp3) is 0.778. The zero-order valence-electron chi connectivity index (χ0n) is 8.34. The molecule has 0 bridgehead atoms. The van der Waals surface area contributed by atoms with Crippen LogP contribution in [0.4, 0.5) is 0 Å². The van der Waals surface area contributed by atoms with Gasteiger partial charge in [-0.15, -0.1) is 0 Å². The Balaban J connectivity index is 2.11. The zero-order chi connectivity index (χ0) is 10.4. The van der Waals surface area contributed by atoms with Gasteiger partial charge in [0.25, 0.3) is 0 Å². The predicted molar refractivity (Wildman–Crippen MR) is 50.6 cm³/mol. The molecule has 0 aliphatic carbocycles. The van der Waals surface area contributed by atoms with E-state index in [-0.39, 0.29) is 24.2 Å². The highest BCUT2D eigenvalue weighted by atomic mass is 16.5. The Hall–Kier alpha value is -1.10. The quantitative estimate of drug-likeness (QED) is 0.587. The minimum absolute atomic E-state index is 0.0268. The van der Waals surface area contributed by atoms with E-state index in [4.69, 9.17) is 0 Å². The van der Waals surface area contributed by atoms with Crippen LogP contribution in [0.5, 0.6) is 0 Å². The minimum atomic E-state index is -0.296. The molecule has 0 spiro atoms. The third-order valence-electron chi connectivity index (χ3n) is 2.29. The predicted octanol–water partition coefficient (Wildman–Crippen LogP) is -0.725. The summed E-state index contributed by atoms with van der Waals surface area (Å²) < 4.78 is 4.45. The zero-order valence-corrected chi connectivity index (χ0v) is 8.34. The molecule has 1 rings (SSSR count). The molecular weight excluding hydrogens is 184 g/mol. The van der Waals surface area contributed by atoms with Crippen LogP contribution in [0.1, 0.15) is 12.8 Å². The number of methoxy groups -OCH3 is 1. The molecule has 1 aliphatic rings. The lowest BCUT2D eigenvalue weighted by Crippen LogP contribution is -2.33. The summed E-state index contributed by atoms with van der Waals surface area (Å²) >= 11 is 0. The molecule has 0 radical (unpaired) electrons. The van der Waals surface area contributed by atoms with Crippen molar-refractivity contribution in [1.82, 2.24) is 10.6 Å². The summed E-state index contributed by atoms with van der Waals surface area (Å²) in [6.45, 7) is 2.00. The molecule has 0 unspecified atom stereocenters. The van der Waals surface area contributed by atoms with Crippen molar-refractivity contribution in [2.45, 2.75) is 12.8 Å². The van der Waals surface area contributed by atoms with Crippen LogP contribution in [0.2, 0.25) is 0 Å². The molecular formula is C9H16N2O3. The van der Waals surface area contributed by atoms with Crippen LogP contribution in [0.15, 0.2) is 0 Å². The van der Waals surface area contributed by atoms with Gasteiger partial charge < -0.3 is 15.4 Å². The number of hydrogen-bond donors (Lipinski definition) is 2. The van der Waals surface area contributed by atoms with Gasteiger partial charge in [0.2, 0.25) is 5.91 Å². The molecule has 0 saturated carbocycles. The Bertz CT molecular complexity index is 212. The highest BCUT2D eigenvalue weighted by Crippen LogP contribution is 2.06. The second kappa shape index (κ2) is 5.59. The van der Waals surface area contributed by atoms with Crippen molar-refractivity contribution in [2.75, 3.05) is 26.7 Å². The van der Waals surface area contributed by atoms with Gasteiger partial charge >= 0.3 is 5.97 Å². The molecule has 5 nitrogen and oxygen atoms in total. The summed E-state index contributed by atoms with van der Waals surface area (Å²) in [6.07, 6.45) is 1.12. The van der Waals surface area contributed by atoms with Gasteiger partial charge in [0, 0.05) is 13.1 Å². The van der Waals surface area contributed by atoms with Crippen molar-refractivity contribution in [3.8, 4) is 0 Å². The van der Waals surface area contributed by atoms with Crippen molar-refractivity contribution < 1.29 is 14.3 Å². The first-order chi connectivity index (χ1) is 6.74. The number of carbonyl (C=O) groups is 2. The average molecular weight is 200 g/mol. The highest BCUT2D eigenvalue weighted by molar-refractivity contribution is 5.79. The summed E-state index contributed by atoms with van der Waals surface area (Å²) in [5, 5.41) is 5.82. The van der Waals surface area contributed by atoms with Gasteiger partial charge in [-0.2, -0.15) is 0 Å². The van der Waals surface area contributed by atoms with Gasteiger partial charge in [0.15, 0.2) is 0 Å². The summed E-state index contributed by atoms with van der Waals surface area (Å²) in [5.41, 5.74) is 0. The van der Waals surface area contributed by atoms with Crippen LogP contribution >= 0.6 is 0 Å². The monoisotopic (exact) mass is 200 g/mol. The smallest absolute Gasteiger partial charge is 0.307 e. The highest BCUT2D eigenvalue weighted by Gasteiger charge is 2.21. The number of carbonyl (C=O) groups excluding carboxylic acids is 2. The number of nitrogens with one attached hydrogen (secondary N) is 2. The normalized spacial score (nSPS) is 20.5. The molecule has 5 heteroatoms. The third-order valence-corrected chi connectivity index (χ3v) is 2.29. The fourth-order valence-electron chi connectivity index (χ4n) is 1.41. The number of rotatable bonds is 4. The molecule has 1 saturated heterocycles. The fourth-order valence-corrected chi connectivity index (χ4v) is 1.41. The second-order valence-corrected chi connectivity index (χ2v) is 3.31. The van der Waals surface area contributed by atoms with Gasteiger partial charge in [-0.05, 0) is 13.0 Å². The maximum absolute atomic E-state index is 11.4. The maximum Gasteiger partial charge on any atom is 0.307 e. The van der Waals surface area contributed by atoms with E-state index >= 15 is 0 Å². The van der Waals surface area contributed by atoms with E-state index in [0.717, 1.165) is 19.5 Å². The Morgan fingerprint density at radius 2 is 2.36 bits per heavy atom. The summed E-state index contributed by atoms with van der Waals surface area (Å²) in [7, 11) is 1.34. The Morgan fingerprint density at radius 1 is 1.57 bits per heavy atom. The van der Waals surface area contributed by atoms with E-state index in [1.807, 2.05) is 0 Å². The van der Waals surface area contributed by atoms with Crippen molar-refractivity contribution in [1.29, 1.82) is 0 Å². The summed E-state index contributed by atoms with van der Waals surface area (Å²) in [4.78, 5) is 22.1. The molecule has 0 aromatic rings. The van der Waals surface area contributed by atoms with E-state index in [2.05, 4.69) is 15.4 Å². The van der Waals surface area contributed by atoms with Crippen LogP contribution in [-0.2, 0) is 14.3 Å². The second-order valence-electron chi connectivity index (χ2n) is 3.31. The van der Waals surface area contributed by atoms with Gasteiger partial charge in [-0.1, -0.05) is 0 Å². The summed E-state index contributed by atoms with van der Waals surface area (Å²) in [5.74, 6) is -0.207. The first-order valence-corrected chi connectivity index (χ1v) is 4.79. The molecule has 80 valence electrons. The van der Waals surface area contributed by atoms with Crippen molar-refractivity contribution in [3.05, 3.63) is 0 Å². The third kappa shape index (κ3) is 3.33. The van der Waals surface area contributed by atoms with Crippen LogP contribution in [-0.4, -0.2) is 38.6 Å². The van der Waals surface area contributed by atoms with Crippen LogP contribution < -0.4 is 10.6 Å². The molecule has 1 fully saturated rings. The largest absolute Gasteiger partial charge is 0.469 e. The Labute approximate surface area is 83.2 Å². The van der Waals surface area contributed by atoms with Gasteiger partial charge in [-0.25, -0.2) is 0 Å². The topological polar surface area (TPSA) is 67.4 Å². The lowest BCUT2D eigenvalue weighted by atomic mass is 10.1. The summed E-state index contributed by atoms with van der Waals surface area (Å²) in [6, 6.07) is 0. The standard InChI is InChI=1S/C9H16N2O3/c1-14-8(12)3-5-11-9(13)7-2-4-10-6-7/h7,10H,2-6H2,1H3,(H,11,13)/t7-/m0/s1. The molecule has 1 heterocycles. The molecule has 0 aromatic carbocycles. The Kier molecular flexibility index (Phi) is 4.39. The molecule has 2 N–H and O–H groups in total. The number of amides is 1. The van der Waals surface area contributed by atoms with Crippen LogP contribution in [0.3, 0.4) is 0 Å². The lowest BCUT2D eigenvalue weighted by molar-refractivity contribution is -0.140. The van der Waals surface area contributed by atoms with Gasteiger partial charge in [0.1, 0.15) is 0 Å². The van der Waals surface area contributed by atoms with E-state index in [9.17, 15) is 9.59 Å². The van der Waals surface area contributed by atoms with Gasteiger partial charge in [0.05, 0.1) is 19.4 Å². The van der Waals surface area contributed by atoms with E-state index in [1.54, 1.807) is 0 Å². The van der Waals surface area contributed by atoms with E-state index in [1.165, 1.54) is 7.11 Å². The van der Waals surface area contributed by atoms with Crippen LogP contribution in [0, 0.1) is 5.92 Å². The van der Waals surface area contributed by atoms with Crippen molar-refractivity contribution in [3.63, 3.8) is 0 Å². The SMILES string of the molecule is COC(=O)CCNC(=O)[C@H]1CCNC1. The minimum Gasteiger partial charge on any atom is -0.469 e. The molecule has 1 aliphatic heterocycles. The number of ether oxygens (including phenoxy) is 1. The Morgan fingerprint density at radius 3 is 2.93 bits per heavy atom. The molecule has 14 heavy (non-hydrogen) atoms.